The van der Waals surface area contributed by atoms with Gasteiger partial charge in [0.2, 0.25) is 0 Å². The van der Waals surface area contributed by atoms with E-state index < -0.39 is 0 Å². The Labute approximate surface area is 210 Å². The molecule has 184 valence electrons. The van der Waals surface area contributed by atoms with Crippen molar-refractivity contribution in [1.82, 2.24) is 9.55 Å². The molecule has 0 bridgehead atoms. The van der Waals surface area contributed by atoms with Gasteiger partial charge in [0.05, 0.1) is 26.0 Å². The van der Waals surface area contributed by atoms with Crippen molar-refractivity contribution in [2.75, 3.05) is 20.3 Å². The second-order valence-corrected chi connectivity index (χ2v) is 9.22. The van der Waals surface area contributed by atoms with E-state index in [1.165, 1.54) is 12.7 Å². The number of thiazole rings is 1. The molecule has 0 saturated carbocycles. The number of esters is 1. The lowest BCUT2D eigenvalue weighted by atomic mass is 10.1. The van der Waals surface area contributed by atoms with Crippen LogP contribution in [0.4, 0.5) is 0 Å². The third-order valence-corrected chi connectivity index (χ3v) is 6.77. The van der Waals surface area contributed by atoms with Crippen LogP contribution in [0.3, 0.4) is 0 Å². The highest BCUT2D eigenvalue weighted by atomic mass is 32.1. The van der Waals surface area contributed by atoms with E-state index in [1.54, 1.807) is 11.3 Å². The normalized spacial score (nSPS) is 11.1. The fourth-order valence-corrected chi connectivity index (χ4v) is 4.86. The first-order chi connectivity index (χ1) is 17.1. The summed E-state index contributed by atoms with van der Waals surface area (Å²) in [6.45, 7) is 5.66. The van der Waals surface area contributed by atoms with Crippen molar-refractivity contribution in [2.24, 2.45) is 0 Å². The summed E-state index contributed by atoms with van der Waals surface area (Å²) >= 11 is 1.70. The summed E-state index contributed by atoms with van der Waals surface area (Å²) in [5, 5.41) is 4.23. The number of aryl methyl sites for hydroxylation is 2. The number of aromatic nitrogens is 2. The molecule has 0 radical (unpaired) electrons. The zero-order valence-electron chi connectivity index (χ0n) is 20.6. The van der Waals surface area contributed by atoms with Gasteiger partial charge in [0.15, 0.2) is 0 Å². The number of fused-ring (bicyclic) bond motifs is 1. The largest absolute Gasteiger partial charge is 0.493 e. The van der Waals surface area contributed by atoms with Crippen LogP contribution >= 0.6 is 11.3 Å². The van der Waals surface area contributed by atoms with Crippen molar-refractivity contribution >= 4 is 28.2 Å². The van der Waals surface area contributed by atoms with Crippen LogP contribution in [-0.4, -0.2) is 35.8 Å². The van der Waals surface area contributed by atoms with E-state index in [1.807, 2.05) is 35.0 Å². The average molecular weight is 493 g/mol. The summed E-state index contributed by atoms with van der Waals surface area (Å²) in [6.07, 6.45) is 5.65. The molecule has 35 heavy (non-hydrogen) atoms. The molecule has 2 aromatic heterocycles. The van der Waals surface area contributed by atoms with Gasteiger partial charge < -0.3 is 18.8 Å². The molecule has 4 aromatic rings. The molecular formula is C28H32N2O4S. The summed E-state index contributed by atoms with van der Waals surface area (Å²) in [6, 6.07) is 14.2. The number of methoxy groups -OCH3 is 1. The van der Waals surface area contributed by atoms with Gasteiger partial charge in [-0.3, -0.25) is 4.79 Å². The Morgan fingerprint density at radius 2 is 1.91 bits per heavy atom. The Balaban J connectivity index is 1.30. The predicted octanol–water partition coefficient (Wildman–Crippen LogP) is 6.30. The number of ether oxygens (including phenoxy) is 3. The molecule has 2 heterocycles. The fraction of sp³-hybridized carbons (Fsp3) is 0.357. The zero-order chi connectivity index (χ0) is 24.6. The van der Waals surface area contributed by atoms with Crippen molar-refractivity contribution in [2.45, 2.75) is 46.1 Å². The number of hydrogen-bond donors (Lipinski definition) is 0. The first kappa shape index (κ1) is 24.8. The lowest BCUT2D eigenvalue weighted by Gasteiger charge is -2.13. The molecule has 6 nitrogen and oxygen atoms in total. The highest BCUT2D eigenvalue weighted by molar-refractivity contribution is 7.13. The summed E-state index contributed by atoms with van der Waals surface area (Å²) in [7, 11) is 1.40. The number of carbonyl (C=O) groups excluding carboxylic acids is 1. The Bertz CT molecular complexity index is 1280. The minimum Gasteiger partial charge on any atom is -0.493 e. The van der Waals surface area contributed by atoms with Crippen LogP contribution < -0.4 is 9.47 Å². The quantitative estimate of drug-likeness (QED) is 0.172. The molecule has 0 fully saturated rings. The van der Waals surface area contributed by atoms with Gasteiger partial charge in [-0.2, -0.15) is 0 Å². The van der Waals surface area contributed by atoms with Gasteiger partial charge in [0, 0.05) is 34.5 Å². The number of rotatable bonds is 12. The van der Waals surface area contributed by atoms with E-state index in [0.29, 0.717) is 13.2 Å². The van der Waals surface area contributed by atoms with Gasteiger partial charge in [-0.15, -0.1) is 11.3 Å². The number of benzene rings is 2. The summed E-state index contributed by atoms with van der Waals surface area (Å²) in [5.41, 5.74) is 4.49. The van der Waals surface area contributed by atoms with E-state index in [0.717, 1.165) is 64.4 Å². The van der Waals surface area contributed by atoms with E-state index in [-0.39, 0.29) is 12.5 Å². The van der Waals surface area contributed by atoms with Crippen LogP contribution in [0, 0.1) is 0 Å². The maximum absolute atomic E-state index is 11.6. The van der Waals surface area contributed by atoms with Gasteiger partial charge in [-0.1, -0.05) is 20.3 Å². The lowest BCUT2D eigenvalue weighted by Crippen LogP contribution is -2.10. The van der Waals surface area contributed by atoms with Gasteiger partial charge in [-0.25, -0.2) is 4.98 Å². The molecular weight excluding hydrogens is 460 g/mol. The van der Waals surface area contributed by atoms with Gasteiger partial charge in [0.25, 0.3) is 0 Å². The molecule has 0 aliphatic heterocycles. The van der Waals surface area contributed by atoms with Gasteiger partial charge in [0.1, 0.15) is 23.1 Å². The molecule has 0 N–H and O–H groups in total. The van der Waals surface area contributed by atoms with Crippen molar-refractivity contribution in [3.63, 3.8) is 0 Å². The summed E-state index contributed by atoms with van der Waals surface area (Å²) in [4.78, 5) is 16.3. The molecule has 0 saturated heterocycles. The average Bonchev–Trinajstić information content (AvgIpc) is 3.52. The van der Waals surface area contributed by atoms with Crippen molar-refractivity contribution in [3.05, 3.63) is 65.3 Å². The van der Waals surface area contributed by atoms with E-state index >= 15 is 0 Å². The minimum atomic E-state index is -0.270. The van der Waals surface area contributed by atoms with Crippen LogP contribution in [0.5, 0.6) is 11.5 Å². The Kier molecular flexibility index (Phi) is 8.42. The highest BCUT2D eigenvalue weighted by Crippen LogP contribution is 2.30. The maximum atomic E-state index is 11.6. The molecule has 2 aromatic carbocycles. The molecule has 0 aliphatic rings. The van der Waals surface area contributed by atoms with Crippen LogP contribution in [0.15, 0.2) is 54.0 Å². The summed E-state index contributed by atoms with van der Waals surface area (Å²) < 4.78 is 18.7. The first-order valence-corrected chi connectivity index (χ1v) is 13.0. The predicted molar refractivity (Wildman–Crippen MR) is 140 cm³/mol. The molecule has 7 heteroatoms. The topological polar surface area (TPSA) is 62.6 Å². The van der Waals surface area contributed by atoms with Crippen molar-refractivity contribution in [1.29, 1.82) is 0 Å². The Hall–Kier alpha value is -3.32. The smallest absolute Gasteiger partial charge is 0.325 e. The van der Waals surface area contributed by atoms with Crippen LogP contribution in [0.25, 0.3) is 21.5 Å². The standard InChI is InChI=1S/C28H32N2O4S/c1-4-7-21-16-22(28-29-23(5-2)19-35-28)8-11-26(21)34-15-6-14-33-24-9-10-25-20(17-24)12-13-30(25)18-27(31)32-3/h8-13,16-17,19H,4-7,14-15,18H2,1-3H3. The molecule has 0 atom stereocenters. The third-order valence-electron chi connectivity index (χ3n) is 5.83. The van der Waals surface area contributed by atoms with E-state index in [4.69, 9.17) is 19.2 Å². The lowest BCUT2D eigenvalue weighted by molar-refractivity contribution is -0.141. The Morgan fingerprint density at radius 1 is 1.06 bits per heavy atom. The Morgan fingerprint density at radius 3 is 2.69 bits per heavy atom. The second kappa shape index (κ2) is 11.9. The molecule has 4 rings (SSSR count). The summed E-state index contributed by atoms with van der Waals surface area (Å²) in [5.74, 6) is 1.48. The third kappa shape index (κ3) is 6.22. The van der Waals surface area contributed by atoms with Crippen LogP contribution in [0.2, 0.25) is 0 Å². The fourth-order valence-electron chi connectivity index (χ4n) is 3.96. The monoisotopic (exact) mass is 492 g/mol. The van der Waals surface area contributed by atoms with E-state index in [9.17, 15) is 4.79 Å². The van der Waals surface area contributed by atoms with Crippen LogP contribution in [0.1, 0.15) is 37.9 Å². The number of carbonyl (C=O) groups is 1. The van der Waals surface area contributed by atoms with Gasteiger partial charge >= 0.3 is 5.97 Å². The molecule has 0 amide bonds. The van der Waals surface area contributed by atoms with E-state index in [2.05, 4.69) is 37.4 Å². The maximum Gasteiger partial charge on any atom is 0.325 e. The van der Waals surface area contributed by atoms with Crippen LogP contribution in [-0.2, 0) is 28.9 Å². The second-order valence-electron chi connectivity index (χ2n) is 8.36. The SMILES string of the molecule is CCCc1cc(-c2nc(CC)cs2)ccc1OCCCOc1ccc2c(ccn2CC(=O)OC)c1. The zero-order valence-corrected chi connectivity index (χ0v) is 21.4. The molecule has 0 aliphatic carbocycles. The molecule has 0 spiro atoms. The first-order valence-electron chi connectivity index (χ1n) is 12.1. The number of nitrogens with zero attached hydrogens (tertiary/aromatic N) is 2. The number of hydrogen-bond acceptors (Lipinski definition) is 6. The highest BCUT2D eigenvalue weighted by Gasteiger charge is 2.10. The minimum absolute atomic E-state index is 0.197. The molecule has 0 unspecified atom stereocenters. The van der Waals surface area contributed by atoms with Crippen molar-refractivity contribution < 1.29 is 19.0 Å². The van der Waals surface area contributed by atoms with Gasteiger partial charge in [-0.05, 0) is 60.9 Å². The van der Waals surface area contributed by atoms with Crippen molar-refractivity contribution in [3.8, 4) is 22.1 Å².